The third-order valence-corrected chi connectivity index (χ3v) is 6.25. The molecule has 0 spiro atoms. The number of pyridine rings is 1. The third-order valence-electron chi connectivity index (χ3n) is 5.22. The molecule has 2 aliphatic rings. The fraction of sp³-hybridized carbons (Fsp3) is 0.350. The smallest absolute Gasteiger partial charge is 0.257 e. The van der Waals surface area contributed by atoms with Gasteiger partial charge < -0.3 is 10.2 Å². The van der Waals surface area contributed by atoms with Crippen LogP contribution in [0.1, 0.15) is 23.0 Å². The lowest BCUT2D eigenvalue weighted by Gasteiger charge is -2.34. The van der Waals surface area contributed by atoms with Crippen molar-refractivity contribution in [2.24, 2.45) is 10.9 Å². The number of aromatic nitrogens is 1. The number of hydrogen-bond acceptors (Lipinski definition) is 5. The second kappa shape index (κ2) is 7.40. The highest BCUT2D eigenvalue weighted by Crippen LogP contribution is 2.44. The van der Waals surface area contributed by atoms with Gasteiger partial charge in [0.1, 0.15) is 11.4 Å². The van der Waals surface area contributed by atoms with Crippen LogP contribution in [0.15, 0.2) is 53.7 Å². The van der Waals surface area contributed by atoms with E-state index in [1.54, 1.807) is 30.0 Å². The van der Waals surface area contributed by atoms with E-state index in [1.807, 2.05) is 18.2 Å². The monoisotopic (exact) mass is 384 g/mol. The van der Waals surface area contributed by atoms with Crippen molar-refractivity contribution in [3.05, 3.63) is 65.7 Å². The van der Waals surface area contributed by atoms with Crippen LogP contribution in [0.25, 0.3) is 0 Å². The molecule has 0 bridgehead atoms. The van der Waals surface area contributed by atoms with Crippen molar-refractivity contribution in [2.75, 3.05) is 25.4 Å². The number of halogens is 1. The zero-order chi connectivity index (χ0) is 18.9. The number of benzene rings is 1. The second-order valence-electron chi connectivity index (χ2n) is 6.86. The molecule has 2 aliphatic heterocycles. The van der Waals surface area contributed by atoms with E-state index in [9.17, 15) is 9.18 Å². The Morgan fingerprint density at radius 1 is 1.33 bits per heavy atom. The topological polar surface area (TPSA) is 57.6 Å². The summed E-state index contributed by atoms with van der Waals surface area (Å²) >= 11 is 1.56. The maximum atomic E-state index is 13.4. The largest absolute Gasteiger partial charge is 0.301 e. The Morgan fingerprint density at radius 3 is 2.85 bits per heavy atom. The molecule has 1 amide bonds. The highest BCUT2D eigenvalue weighted by atomic mass is 32.2. The Hall–Kier alpha value is -2.25. The maximum absolute atomic E-state index is 13.4. The summed E-state index contributed by atoms with van der Waals surface area (Å²) in [6, 6.07) is 12.2. The Morgan fingerprint density at radius 2 is 2.15 bits per heavy atom. The van der Waals surface area contributed by atoms with Gasteiger partial charge in [-0.3, -0.25) is 9.78 Å². The lowest BCUT2D eigenvalue weighted by atomic mass is 9.85. The average molecular weight is 384 g/mol. The summed E-state index contributed by atoms with van der Waals surface area (Å²) in [6.45, 7) is 4.69. The number of nitrogens with one attached hydrogen (secondary N) is 1. The number of likely N-dealkylation sites (N-methyl/N-ethyl adjacent to an activating group) is 1. The van der Waals surface area contributed by atoms with Crippen molar-refractivity contribution in [1.29, 1.82) is 0 Å². The number of hydrogen-bond donors (Lipinski definition) is 1. The van der Waals surface area contributed by atoms with Crippen molar-refractivity contribution < 1.29 is 9.18 Å². The van der Waals surface area contributed by atoms with Gasteiger partial charge in [-0.15, -0.1) is 0 Å². The first kappa shape index (κ1) is 18.1. The maximum Gasteiger partial charge on any atom is 0.257 e. The number of nitrogens with zero attached hydrogens (tertiary/aromatic N) is 3. The standard InChI is InChI=1S/C20H21FN4OS/c1-2-25-11-15-12-27-19(23-18(26)14-6-4-3-5-7-14)24-20(15,13-25)17-9-8-16(21)10-22-17/h3-10,15H,2,11-13H2,1H3,(H,23,24,26). The van der Waals surface area contributed by atoms with Gasteiger partial charge >= 0.3 is 0 Å². The number of rotatable bonds is 3. The molecule has 2 unspecified atom stereocenters. The molecule has 1 fully saturated rings. The summed E-state index contributed by atoms with van der Waals surface area (Å²) in [5.74, 6) is 0.582. The summed E-state index contributed by atoms with van der Waals surface area (Å²) in [7, 11) is 0. The first-order chi connectivity index (χ1) is 13.1. The Labute approximate surface area is 162 Å². The van der Waals surface area contributed by atoms with E-state index in [1.165, 1.54) is 12.3 Å². The summed E-state index contributed by atoms with van der Waals surface area (Å²) in [5.41, 5.74) is 0.809. The van der Waals surface area contributed by atoms with Crippen molar-refractivity contribution in [2.45, 2.75) is 12.5 Å². The van der Waals surface area contributed by atoms with Crippen LogP contribution in [-0.4, -0.2) is 46.3 Å². The molecule has 140 valence electrons. The molecule has 0 radical (unpaired) electrons. The number of amides is 1. The molecule has 1 N–H and O–H groups in total. The molecule has 2 atom stereocenters. The minimum Gasteiger partial charge on any atom is -0.301 e. The van der Waals surface area contributed by atoms with E-state index in [0.717, 1.165) is 31.1 Å². The van der Waals surface area contributed by atoms with Crippen LogP contribution in [0.5, 0.6) is 0 Å². The molecular weight excluding hydrogens is 363 g/mol. The van der Waals surface area contributed by atoms with Crippen molar-refractivity contribution in [3.63, 3.8) is 0 Å². The highest BCUT2D eigenvalue weighted by Gasteiger charge is 2.50. The van der Waals surface area contributed by atoms with Crippen LogP contribution in [0, 0.1) is 11.7 Å². The predicted octanol–water partition coefficient (Wildman–Crippen LogP) is 2.90. The van der Waals surface area contributed by atoms with E-state index in [2.05, 4.69) is 22.1 Å². The van der Waals surface area contributed by atoms with Crippen LogP contribution < -0.4 is 5.32 Å². The molecule has 7 heteroatoms. The van der Waals surface area contributed by atoms with E-state index < -0.39 is 5.54 Å². The van der Waals surface area contributed by atoms with Gasteiger partial charge in [-0.25, -0.2) is 9.38 Å². The summed E-state index contributed by atoms with van der Waals surface area (Å²) in [4.78, 5) is 24.2. The van der Waals surface area contributed by atoms with Crippen molar-refractivity contribution in [1.82, 2.24) is 15.2 Å². The Balaban J connectivity index is 1.67. The van der Waals surface area contributed by atoms with Gasteiger partial charge in [0.05, 0.1) is 11.9 Å². The SMILES string of the molecule is CCN1CC2CSC(NC(=O)c3ccccc3)=NC2(c2ccc(F)cn2)C1. The van der Waals surface area contributed by atoms with Gasteiger partial charge in [0.2, 0.25) is 0 Å². The predicted molar refractivity (Wildman–Crippen MR) is 105 cm³/mol. The van der Waals surface area contributed by atoms with Gasteiger partial charge in [0, 0.05) is 30.3 Å². The number of fused-ring (bicyclic) bond motifs is 1. The molecular formula is C20H21FN4OS. The van der Waals surface area contributed by atoms with Gasteiger partial charge in [0.25, 0.3) is 5.91 Å². The molecule has 1 aromatic carbocycles. The molecule has 0 saturated carbocycles. The summed E-state index contributed by atoms with van der Waals surface area (Å²) in [6.07, 6.45) is 1.25. The minimum atomic E-state index is -0.547. The van der Waals surface area contributed by atoms with E-state index in [0.29, 0.717) is 10.7 Å². The first-order valence-electron chi connectivity index (χ1n) is 9.04. The van der Waals surface area contributed by atoms with Gasteiger partial charge in [-0.05, 0) is 30.8 Å². The van der Waals surface area contributed by atoms with Gasteiger partial charge in [0.15, 0.2) is 5.17 Å². The highest BCUT2D eigenvalue weighted by molar-refractivity contribution is 8.13. The summed E-state index contributed by atoms with van der Waals surface area (Å²) < 4.78 is 13.4. The Bertz CT molecular complexity index is 858. The van der Waals surface area contributed by atoms with Crippen LogP contribution >= 0.6 is 11.8 Å². The lowest BCUT2D eigenvalue weighted by Crippen LogP contribution is -2.43. The fourth-order valence-electron chi connectivity index (χ4n) is 3.75. The quantitative estimate of drug-likeness (QED) is 0.884. The minimum absolute atomic E-state index is 0.173. The van der Waals surface area contributed by atoms with Crippen molar-refractivity contribution in [3.8, 4) is 0 Å². The average Bonchev–Trinajstić information content (AvgIpc) is 3.08. The molecule has 5 nitrogen and oxygen atoms in total. The Kier molecular flexibility index (Phi) is 4.97. The molecule has 2 aromatic rings. The van der Waals surface area contributed by atoms with Crippen LogP contribution in [0.3, 0.4) is 0 Å². The van der Waals surface area contributed by atoms with Crippen molar-refractivity contribution >= 4 is 22.8 Å². The molecule has 27 heavy (non-hydrogen) atoms. The molecule has 1 aromatic heterocycles. The molecule has 0 aliphatic carbocycles. The van der Waals surface area contributed by atoms with Crippen LogP contribution in [-0.2, 0) is 5.54 Å². The van der Waals surface area contributed by atoms with Gasteiger partial charge in [-0.2, -0.15) is 0 Å². The number of carbonyl (C=O) groups excluding carboxylic acids is 1. The number of carbonyl (C=O) groups is 1. The second-order valence-corrected chi connectivity index (χ2v) is 7.87. The van der Waals surface area contributed by atoms with Crippen LogP contribution in [0.2, 0.25) is 0 Å². The number of amidine groups is 1. The zero-order valence-electron chi connectivity index (χ0n) is 15.1. The lowest BCUT2D eigenvalue weighted by molar-refractivity contribution is 0.0977. The number of likely N-dealkylation sites (tertiary alicyclic amines) is 1. The number of aliphatic imine (C=N–C) groups is 1. The first-order valence-corrected chi connectivity index (χ1v) is 10.0. The fourth-order valence-corrected chi connectivity index (χ4v) is 4.88. The molecule has 4 rings (SSSR count). The van der Waals surface area contributed by atoms with Gasteiger partial charge in [-0.1, -0.05) is 36.9 Å². The van der Waals surface area contributed by atoms with E-state index in [-0.39, 0.29) is 17.6 Å². The molecule has 1 saturated heterocycles. The van der Waals surface area contributed by atoms with E-state index >= 15 is 0 Å². The third kappa shape index (κ3) is 3.49. The summed E-state index contributed by atoms with van der Waals surface area (Å²) in [5, 5.41) is 3.54. The zero-order valence-corrected chi connectivity index (χ0v) is 15.9. The number of thioether (sulfide) groups is 1. The normalized spacial score (nSPS) is 25.0. The molecule has 3 heterocycles. The van der Waals surface area contributed by atoms with Crippen LogP contribution in [0.4, 0.5) is 4.39 Å². The van der Waals surface area contributed by atoms with E-state index in [4.69, 9.17) is 4.99 Å².